The Kier molecular flexibility index (Phi) is 6.40. The highest BCUT2D eigenvalue weighted by Crippen LogP contribution is 2.37. The Hall–Kier alpha value is -2.17. The largest absolute Gasteiger partial charge is 0.416 e. The molecular weight excluding hydrogens is 419 g/mol. The minimum atomic E-state index is -4.91. The first kappa shape index (κ1) is 22.5. The molecule has 0 unspecified atom stereocenters. The third-order valence-corrected chi connectivity index (χ3v) is 4.88. The van der Waals surface area contributed by atoms with Crippen molar-refractivity contribution >= 4 is 0 Å². The molecule has 0 amide bonds. The number of hydrogen-bond acceptors (Lipinski definition) is 3. The van der Waals surface area contributed by atoms with Crippen LogP contribution < -0.4 is 0 Å². The molecular formula is C20H18F7NO2. The lowest BCUT2D eigenvalue weighted by Crippen LogP contribution is -2.46. The van der Waals surface area contributed by atoms with Gasteiger partial charge in [0.1, 0.15) is 5.82 Å². The summed E-state index contributed by atoms with van der Waals surface area (Å²) < 4.78 is 96.6. The van der Waals surface area contributed by atoms with Crippen molar-refractivity contribution in [1.29, 1.82) is 0 Å². The van der Waals surface area contributed by atoms with Crippen LogP contribution in [0.5, 0.6) is 0 Å². The summed E-state index contributed by atoms with van der Waals surface area (Å²) in [5.74, 6) is -0.486. The lowest BCUT2D eigenvalue weighted by Gasteiger charge is -2.39. The van der Waals surface area contributed by atoms with Gasteiger partial charge in [0.2, 0.25) is 0 Å². The molecule has 0 aliphatic carbocycles. The summed E-state index contributed by atoms with van der Waals surface area (Å²) in [6.45, 7) is 0.501. The molecule has 164 valence electrons. The zero-order valence-corrected chi connectivity index (χ0v) is 15.5. The molecule has 10 heteroatoms. The second-order valence-corrected chi connectivity index (χ2v) is 6.96. The molecule has 2 aromatic carbocycles. The van der Waals surface area contributed by atoms with E-state index in [9.17, 15) is 35.8 Å². The lowest BCUT2D eigenvalue weighted by atomic mass is 10.00. The van der Waals surface area contributed by atoms with Gasteiger partial charge in [-0.25, -0.2) is 4.39 Å². The van der Waals surface area contributed by atoms with Crippen LogP contribution in [0, 0.1) is 5.82 Å². The summed E-state index contributed by atoms with van der Waals surface area (Å²) in [4.78, 5) is 1.69. The Morgan fingerprint density at radius 2 is 1.50 bits per heavy atom. The van der Waals surface area contributed by atoms with Gasteiger partial charge < -0.3 is 9.84 Å². The molecule has 1 heterocycles. The maximum atomic E-state index is 13.2. The molecule has 1 saturated heterocycles. The van der Waals surface area contributed by atoms with Crippen LogP contribution >= 0.6 is 0 Å². The van der Waals surface area contributed by atoms with Crippen LogP contribution in [0.1, 0.15) is 28.3 Å². The lowest BCUT2D eigenvalue weighted by molar-refractivity contribution is -0.181. The summed E-state index contributed by atoms with van der Waals surface area (Å²) in [7, 11) is 0. The van der Waals surface area contributed by atoms with Gasteiger partial charge in [0.25, 0.3) is 0 Å². The first-order chi connectivity index (χ1) is 13.9. The molecule has 0 saturated carbocycles. The highest BCUT2D eigenvalue weighted by atomic mass is 19.4. The highest BCUT2D eigenvalue weighted by molar-refractivity contribution is 5.34. The molecule has 0 radical (unpaired) electrons. The smallest absolute Gasteiger partial charge is 0.366 e. The number of hydrogen-bond donors (Lipinski definition) is 1. The fraction of sp³-hybridized carbons (Fsp3) is 0.400. The van der Waals surface area contributed by atoms with Gasteiger partial charge in [0.05, 0.1) is 23.8 Å². The summed E-state index contributed by atoms with van der Waals surface area (Å²) in [6.07, 6.45) is -11.2. The van der Waals surface area contributed by atoms with Gasteiger partial charge >= 0.3 is 12.4 Å². The molecule has 2 atom stereocenters. The molecule has 0 aromatic heterocycles. The van der Waals surface area contributed by atoms with Crippen molar-refractivity contribution in [3.05, 3.63) is 70.5 Å². The summed E-state index contributed by atoms with van der Waals surface area (Å²) in [5.41, 5.74) is -2.35. The second kappa shape index (κ2) is 8.52. The third-order valence-electron chi connectivity index (χ3n) is 4.88. The minimum Gasteiger partial charge on any atom is -0.366 e. The second-order valence-electron chi connectivity index (χ2n) is 6.96. The average Bonchev–Trinajstić information content (AvgIpc) is 2.66. The number of rotatable bonds is 4. The number of halogens is 7. The number of morpholine rings is 1. The van der Waals surface area contributed by atoms with Crippen LogP contribution in [0.2, 0.25) is 0 Å². The standard InChI is InChI=1S/C20H18F7NO2/c21-16-3-1-13(2-4-16)17-18(29)30-8-7-28(17)6-5-12-9-14(19(22,23)24)11-15(10-12)20(25,26)27/h1-4,9-11,17-18,29H,5-8H2/t17-,18+/m0/s1. The molecule has 1 aliphatic heterocycles. The molecule has 1 fully saturated rings. The van der Waals surface area contributed by atoms with E-state index in [4.69, 9.17) is 4.74 Å². The van der Waals surface area contributed by atoms with Crippen LogP contribution in [-0.4, -0.2) is 36.0 Å². The minimum absolute atomic E-state index is 0.0705. The molecule has 0 bridgehead atoms. The normalized spacial score (nSPS) is 21.1. The highest BCUT2D eigenvalue weighted by Gasteiger charge is 2.37. The van der Waals surface area contributed by atoms with Gasteiger partial charge in [-0.05, 0) is 47.9 Å². The first-order valence-corrected chi connectivity index (χ1v) is 9.03. The maximum absolute atomic E-state index is 13.2. The van der Waals surface area contributed by atoms with E-state index in [1.165, 1.54) is 24.3 Å². The SMILES string of the molecule is O[C@@H]1OCCN(CCc2cc(C(F)(F)F)cc(C(F)(F)F)c2)[C@H]1c1ccc(F)cc1. The van der Waals surface area contributed by atoms with Gasteiger partial charge in [-0.2, -0.15) is 26.3 Å². The first-order valence-electron chi connectivity index (χ1n) is 9.03. The van der Waals surface area contributed by atoms with E-state index in [-0.39, 0.29) is 31.2 Å². The Labute approximate surface area is 167 Å². The van der Waals surface area contributed by atoms with Gasteiger partial charge in [-0.15, -0.1) is 0 Å². The van der Waals surface area contributed by atoms with Crippen LogP contribution in [0.25, 0.3) is 0 Å². The molecule has 1 aliphatic rings. The fourth-order valence-corrected chi connectivity index (χ4v) is 3.42. The van der Waals surface area contributed by atoms with Crippen LogP contribution in [-0.2, 0) is 23.5 Å². The fourth-order valence-electron chi connectivity index (χ4n) is 3.42. The van der Waals surface area contributed by atoms with E-state index >= 15 is 0 Å². The number of benzene rings is 2. The predicted molar refractivity (Wildman–Crippen MR) is 92.8 cm³/mol. The van der Waals surface area contributed by atoms with Crippen molar-refractivity contribution < 1.29 is 40.6 Å². The van der Waals surface area contributed by atoms with E-state index in [0.717, 1.165) is 0 Å². The van der Waals surface area contributed by atoms with E-state index < -0.39 is 41.6 Å². The Balaban J connectivity index is 1.84. The van der Waals surface area contributed by atoms with Crippen LogP contribution in [0.4, 0.5) is 30.7 Å². The quantitative estimate of drug-likeness (QED) is 0.698. The number of aliphatic hydroxyl groups excluding tert-OH is 1. The molecule has 2 aromatic rings. The number of aliphatic hydroxyl groups is 1. The predicted octanol–water partition coefficient (Wildman–Crippen LogP) is 4.80. The summed E-state index contributed by atoms with van der Waals surface area (Å²) in [5, 5.41) is 10.2. The molecule has 0 spiro atoms. The number of alkyl halides is 6. The average molecular weight is 437 g/mol. The molecule has 30 heavy (non-hydrogen) atoms. The van der Waals surface area contributed by atoms with Crippen molar-refractivity contribution in [3.63, 3.8) is 0 Å². The Bertz CT molecular complexity index is 833. The zero-order chi connectivity index (χ0) is 22.1. The van der Waals surface area contributed by atoms with Crippen molar-refractivity contribution in [3.8, 4) is 0 Å². The zero-order valence-electron chi connectivity index (χ0n) is 15.5. The van der Waals surface area contributed by atoms with Crippen molar-refractivity contribution in [2.45, 2.75) is 31.1 Å². The third kappa shape index (κ3) is 5.30. The number of nitrogens with zero attached hydrogens (tertiary/aromatic N) is 1. The van der Waals surface area contributed by atoms with Gasteiger partial charge in [-0.1, -0.05) is 12.1 Å². The van der Waals surface area contributed by atoms with Crippen molar-refractivity contribution in [2.24, 2.45) is 0 Å². The maximum Gasteiger partial charge on any atom is 0.416 e. The van der Waals surface area contributed by atoms with Crippen LogP contribution in [0.15, 0.2) is 42.5 Å². The number of ether oxygens (including phenoxy) is 1. The van der Waals surface area contributed by atoms with Gasteiger partial charge in [-0.3, -0.25) is 4.90 Å². The molecule has 3 rings (SSSR count). The van der Waals surface area contributed by atoms with Crippen molar-refractivity contribution in [2.75, 3.05) is 19.7 Å². The van der Waals surface area contributed by atoms with E-state index in [2.05, 4.69) is 0 Å². The van der Waals surface area contributed by atoms with Crippen molar-refractivity contribution in [1.82, 2.24) is 4.90 Å². The van der Waals surface area contributed by atoms with Gasteiger partial charge in [0, 0.05) is 13.1 Å². The van der Waals surface area contributed by atoms with Gasteiger partial charge in [0.15, 0.2) is 6.29 Å². The Morgan fingerprint density at radius 1 is 0.933 bits per heavy atom. The topological polar surface area (TPSA) is 32.7 Å². The monoisotopic (exact) mass is 437 g/mol. The Morgan fingerprint density at radius 3 is 2.03 bits per heavy atom. The van der Waals surface area contributed by atoms with E-state index in [1.807, 2.05) is 0 Å². The van der Waals surface area contributed by atoms with E-state index in [1.54, 1.807) is 4.90 Å². The van der Waals surface area contributed by atoms with Crippen LogP contribution in [0.3, 0.4) is 0 Å². The summed E-state index contributed by atoms with van der Waals surface area (Å²) in [6, 6.07) is 6.01. The molecule has 3 nitrogen and oxygen atoms in total. The summed E-state index contributed by atoms with van der Waals surface area (Å²) >= 11 is 0. The molecule has 1 N–H and O–H groups in total. The van der Waals surface area contributed by atoms with E-state index in [0.29, 0.717) is 24.2 Å².